The van der Waals surface area contributed by atoms with Gasteiger partial charge < -0.3 is 5.73 Å². The van der Waals surface area contributed by atoms with Gasteiger partial charge in [-0.25, -0.2) is 9.37 Å². The lowest BCUT2D eigenvalue weighted by Gasteiger charge is -2.01. The lowest BCUT2D eigenvalue weighted by atomic mass is 10.2. The third kappa shape index (κ3) is 2.98. The van der Waals surface area contributed by atoms with Gasteiger partial charge >= 0.3 is 0 Å². The average Bonchev–Trinajstić information content (AvgIpc) is 2.75. The van der Waals surface area contributed by atoms with Gasteiger partial charge in [0.25, 0.3) is 0 Å². The molecular weight excluding hydrogens is 343 g/mol. The minimum Gasteiger partial charge on any atom is -0.383 e. The predicted molar refractivity (Wildman–Crippen MR) is 76.9 cm³/mol. The largest absolute Gasteiger partial charge is 0.383 e. The SMILES string of the molecule is Nc1csc(NN=Cc2ccc(Br)c(Cl)c2F)n1. The number of hydrogen-bond acceptors (Lipinski definition) is 5. The molecule has 0 radical (unpaired) electrons. The molecule has 0 spiro atoms. The minimum absolute atomic E-state index is 0.0254. The quantitative estimate of drug-likeness (QED) is 0.504. The predicted octanol–water partition coefficient (Wildman–Crippen LogP) is 3.73. The Kier molecular flexibility index (Phi) is 4.15. The van der Waals surface area contributed by atoms with Crippen molar-refractivity contribution in [3.8, 4) is 0 Å². The summed E-state index contributed by atoms with van der Waals surface area (Å²) in [6.45, 7) is 0. The van der Waals surface area contributed by atoms with Crippen LogP contribution < -0.4 is 11.2 Å². The van der Waals surface area contributed by atoms with Crippen LogP contribution in [0.3, 0.4) is 0 Å². The Morgan fingerprint density at radius 2 is 2.33 bits per heavy atom. The van der Waals surface area contributed by atoms with Crippen LogP contribution in [0.5, 0.6) is 0 Å². The molecule has 0 bridgehead atoms. The number of rotatable bonds is 3. The zero-order valence-electron chi connectivity index (χ0n) is 8.82. The first-order chi connectivity index (χ1) is 8.58. The number of thiazole rings is 1. The summed E-state index contributed by atoms with van der Waals surface area (Å²) in [5.74, 6) is -0.120. The molecule has 94 valence electrons. The molecule has 4 nitrogen and oxygen atoms in total. The van der Waals surface area contributed by atoms with Crippen LogP contribution in [0.4, 0.5) is 15.3 Å². The summed E-state index contributed by atoms with van der Waals surface area (Å²) in [6.07, 6.45) is 1.32. The summed E-state index contributed by atoms with van der Waals surface area (Å²) in [5.41, 5.74) is 8.38. The van der Waals surface area contributed by atoms with E-state index in [1.54, 1.807) is 17.5 Å². The van der Waals surface area contributed by atoms with Crippen LogP contribution in [0, 0.1) is 5.82 Å². The maximum Gasteiger partial charge on any atom is 0.205 e. The Morgan fingerprint density at radius 1 is 1.56 bits per heavy atom. The summed E-state index contributed by atoms with van der Waals surface area (Å²) in [4.78, 5) is 3.94. The van der Waals surface area contributed by atoms with Crippen LogP contribution in [0.2, 0.25) is 5.02 Å². The van der Waals surface area contributed by atoms with Gasteiger partial charge in [0.2, 0.25) is 5.13 Å². The summed E-state index contributed by atoms with van der Waals surface area (Å²) in [6, 6.07) is 3.21. The van der Waals surface area contributed by atoms with E-state index in [1.807, 2.05) is 0 Å². The van der Waals surface area contributed by atoms with Gasteiger partial charge in [-0.2, -0.15) is 5.10 Å². The summed E-state index contributed by atoms with van der Waals surface area (Å²) >= 11 is 10.2. The summed E-state index contributed by atoms with van der Waals surface area (Å²) in [5, 5.41) is 6.10. The molecule has 2 aromatic rings. The van der Waals surface area contributed by atoms with Gasteiger partial charge in [-0.3, -0.25) is 5.43 Å². The molecule has 3 N–H and O–H groups in total. The van der Waals surface area contributed by atoms with Crippen molar-refractivity contribution in [1.82, 2.24) is 4.98 Å². The Morgan fingerprint density at radius 3 is 3.00 bits per heavy atom. The monoisotopic (exact) mass is 348 g/mol. The number of anilines is 2. The molecule has 0 aliphatic rings. The van der Waals surface area contributed by atoms with E-state index in [0.717, 1.165) is 0 Å². The van der Waals surface area contributed by atoms with E-state index < -0.39 is 5.82 Å². The first-order valence-corrected chi connectivity index (χ1v) is 6.76. The molecule has 0 fully saturated rings. The molecule has 0 saturated carbocycles. The molecule has 0 atom stereocenters. The van der Waals surface area contributed by atoms with E-state index >= 15 is 0 Å². The second-order valence-electron chi connectivity index (χ2n) is 3.21. The van der Waals surface area contributed by atoms with Gasteiger partial charge in [-0.05, 0) is 28.1 Å². The van der Waals surface area contributed by atoms with Crippen LogP contribution in [-0.2, 0) is 0 Å². The van der Waals surface area contributed by atoms with Gasteiger partial charge in [0.15, 0.2) is 5.82 Å². The highest BCUT2D eigenvalue weighted by Gasteiger charge is 2.08. The lowest BCUT2D eigenvalue weighted by Crippen LogP contribution is -1.94. The smallest absolute Gasteiger partial charge is 0.205 e. The van der Waals surface area contributed by atoms with Crippen LogP contribution in [0.15, 0.2) is 27.1 Å². The minimum atomic E-state index is -0.532. The molecule has 18 heavy (non-hydrogen) atoms. The van der Waals surface area contributed by atoms with Crippen molar-refractivity contribution in [1.29, 1.82) is 0 Å². The van der Waals surface area contributed by atoms with Gasteiger partial charge in [0.1, 0.15) is 5.82 Å². The first-order valence-electron chi connectivity index (χ1n) is 4.71. The molecule has 1 heterocycles. The van der Waals surface area contributed by atoms with Gasteiger partial charge in [0.05, 0.1) is 11.2 Å². The normalized spacial score (nSPS) is 11.1. The molecule has 2 rings (SSSR count). The molecule has 1 aromatic heterocycles. The number of hydrazone groups is 1. The molecule has 0 saturated heterocycles. The fourth-order valence-electron chi connectivity index (χ4n) is 1.14. The van der Waals surface area contributed by atoms with Crippen molar-refractivity contribution in [2.45, 2.75) is 0 Å². The van der Waals surface area contributed by atoms with Crippen molar-refractivity contribution in [2.24, 2.45) is 5.10 Å². The molecule has 8 heteroatoms. The number of nitrogen functional groups attached to an aromatic ring is 1. The number of halogens is 3. The number of nitrogens with two attached hydrogens (primary N) is 1. The highest BCUT2D eigenvalue weighted by Crippen LogP contribution is 2.26. The van der Waals surface area contributed by atoms with E-state index in [-0.39, 0.29) is 10.6 Å². The van der Waals surface area contributed by atoms with E-state index in [2.05, 4.69) is 31.4 Å². The maximum atomic E-state index is 13.7. The van der Waals surface area contributed by atoms with Gasteiger partial charge in [-0.15, -0.1) is 11.3 Å². The topological polar surface area (TPSA) is 63.3 Å². The van der Waals surface area contributed by atoms with Crippen molar-refractivity contribution in [3.63, 3.8) is 0 Å². The Hall–Kier alpha value is -1.18. The fraction of sp³-hybridized carbons (Fsp3) is 0. The van der Waals surface area contributed by atoms with Crippen LogP contribution in [-0.4, -0.2) is 11.2 Å². The second kappa shape index (κ2) is 5.64. The number of nitrogens with zero attached hydrogens (tertiary/aromatic N) is 2. The Balaban J connectivity index is 2.12. The van der Waals surface area contributed by atoms with Crippen molar-refractivity contribution in [3.05, 3.63) is 38.4 Å². The van der Waals surface area contributed by atoms with Gasteiger partial charge in [-0.1, -0.05) is 11.6 Å². The Labute approximate surface area is 120 Å². The standard InChI is InChI=1S/C10H7BrClFN4S/c11-6-2-1-5(9(13)8(6)12)3-15-17-10-16-7(14)4-18-10/h1-4H,14H2,(H,16,17). The third-order valence-corrected chi connectivity index (χ3v) is 3.97. The van der Waals surface area contributed by atoms with Crippen molar-refractivity contribution >= 4 is 56.0 Å². The van der Waals surface area contributed by atoms with Crippen LogP contribution in [0.25, 0.3) is 0 Å². The third-order valence-electron chi connectivity index (χ3n) is 1.95. The van der Waals surface area contributed by atoms with Gasteiger partial charge in [0, 0.05) is 15.4 Å². The van der Waals surface area contributed by atoms with Crippen LogP contribution >= 0.6 is 38.9 Å². The lowest BCUT2D eigenvalue weighted by molar-refractivity contribution is 0.625. The molecule has 0 unspecified atom stereocenters. The highest BCUT2D eigenvalue weighted by molar-refractivity contribution is 9.10. The van der Waals surface area contributed by atoms with Crippen molar-refractivity contribution < 1.29 is 4.39 Å². The fourth-order valence-corrected chi connectivity index (χ4v) is 2.16. The zero-order chi connectivity index (χ0) is 13.1. The molecule has 0 aliphatic carbocycles. The molecule has 0 aliphatic heterocycles. The van der Waals surface area contributed by atoms with E-state index in [1.165, 1.54) is 17.6 Å². The van der Waals surface area contributed by atoms with E-state index in [0.29, 0.717) is 15.4 Å². The number of benzene rings is 1. The molecule has 1 aromatic carbocycles. The molecular formula is C10H7BrClFN4S. The van der Waals surface area contributed by atoms with E-state index in [9.17, 15) is 4.39 Å². The van der Waals surface area contributed by atoms with E-state index in [4.69, 9.17) is 17.3 Å². The maximum absolute atomic E-state index is 13.7. The summed E-state index contributed by atoms with van der Waals surface area (Å²) in [7, 11) is 0. The van der Waals surface area contributed by atoms with Crippen molar-refractivity contribution in [2.75, 3.05) is 11.2 Å². The number of nitrogens with one attached hydrogen (secondary N) is 1. The van der Waals surface area contributed by atoms with Crippen LogP contribution in [0.1, 0.15) is 5.56 Å². The number of aromatic nitrogens is 1. The second-order valence-corrected chi connectivity index (χ2v) is 5.30. The Bertz CT molecular complexity index is 602. The molecule has 0 amide bonds. The first kappa shape index (κ1) is 13.3. The summed E-state index contributed by atoms with van der Waals surface area (Å²) < 4.78 is 14.2. The number of hydrogen-bond donors (Lipinski definition) is 2. The highest BCUT2D eigenvalue weighted by atomic mass is 79.9. The average molecular weight is 350 g/mol. The zero-order valence-corrected chi connectivity index (χ0v) is 12.0.